The maximum absolute atomic E-state index is 4.32. The van der Waals surface area contributed by atoms with E-state index in [-0.39, 0.29) is 0 Å². The molecule has 0 saturated carbocycles. The average Bonchev–Trinajstić information content (AvgIpc) is 2.31. The molecule has 1 aliphatic heterocycles. The van der Waals surface area contributed by atoms with E-state index >= 15 is 0 Å². The Hall–Kier alpha value is -1.09. The third kappa shape index (κ3) is 2.69. The Morgan fingerprint density at radius 3 is 2.87 bits per heavy atom. The predicted octanol–water partition coefficient (Wildman–Crippen LogP) is 2.11. The van der Waals surface area contributed by atoms with Gasteiger partial charge in [0.15, 0.2) is 0 Å². The zero-order valence-electron chi connectivity index (χ0n) is 9.37. The molecule has 82 valence electrons. The molecule has 0 aromatic carbocycles. The number of hydrogen-bond acceptors (Lipinski definition) is 3. The van der Waals surface area contributed by atoms with E-state index in [2.05, 4.69) is 21.3 Å². The molecule has 0 spiro atoms. The Labute approximate surface area is 91.5 Å². The number of aromatic nitrogens is 1. The number of anilines is 1. The highest BCUT2D eigenvalue weighted by atomic mass is 15.1. The Balaban J connectivity index is 2.02. The smallest absolute Gasteiger partial charge is 0.130 e. The highest BCUT2D eigenvalue weighted by molar-refractivity contribution is 5.42. The summed E-state index contributed by atoms with van der Waals surface area (Å²) in [7, 11) is 1.93. The lowest BCUT2D eigenvalue weighted by Gasteiger charge is -2.26. The van der Waals surface area contributed by atoms with E-state index in [1.54, 1.807) is 0 Å². The highest BCUT2D eigenvalue weighted by Crippen LogP contribution is 2.16. The number of rotatable bonds is 3. The molecule has 2 heterocycles. The molecule has 1 fully saturated rings. The summed E-state index contributed by atoms with van der Waals surface area (Å²) >= 11 is 0. The van der Waals surface area contributed by atoms with E-state index in [0.717, 1.165) is 12.4 Å². The fourth-order valence-corrected chi connectivity index (χ4v) is 2.15. The molecule has 1 saturated heterocycles. The van der Waals surface area contributed by atoms with Crippen molar-refractivity contribution >= 4 is 5.82 Å². The van der Waals surface area contributed by atoms with Crippen molar-refractivity contribution in [3.8, 4) is 0 Å². The van der Waals surface area contributed by atoms with Gasteiger partial charge in [-0.2, -0.15) is 0 Å². The van der Waals surface area contributed by atoms with E-state index in [9.17, 15) is 0 Å². The van der Waals surface area contributed by atoms with E-state index in [1.165, 1.54) is 37.9 Å². The van der Waals surface area contributed by atoms with E-state index < -0.39 is 0 Å². The molecule has 0 atom stereocenters. The first-order chi connectivity index (χ1) is 7.40. The summed E-state index contributed by atoms with van der Waals surface area (Å²) in [5.41, 5.74) is 1.31. The molecule has 15 heavy (non-hydrogen) atoms. The van der Waals surface area contributed by atoms with Crippen molar-refractivity contribution in [1.82, 2.24) is 9.88 Å². The van der Waals surface area contributed by atoms with Gasteiger partial charge in [0.05, 0.1) is 0 Å². The summed E-state index contributed by atoms with van der Waals surface area (Å²) < 4.78 is 0. The maximum atomic E-state index is 4.32. The van der Waals surface area contributed by atoms with Crippen LogP contribution in [0.4, 0.5) is 5.82 Å². The molecule has 0 unspecified atom stereocenters. The second-order valence-corrected chi connectivity index (χ2v) is 4.10. The Kier molecular flexibility index (Phi) is 3.56. The van der Waals surface area contributed by atoms with Crippen molar-refractivity contribution in [1.29, 1.82) is 0 Å². The lowest BCUT2D eigenvalue weighted by molar-refractivity contribution is 0.221. The van der Waals surface area contributed by atoms with Crippen LogP contribution in [0.2, 0.25) is 0 Å². The molecule has 0 amide bonds. The predicted molar refractivity (Wildman–Crippen MR) is 62.9 cm³/mol. The molecule has 2 rings (SSSR count). The SMILES string of the molecule is CNc1ncccc1CN1CCCCC1. The summed E-state index contributed by atoms with van der Waals surface area (Å²) in [6.07, 6.45) is 5.91. The zero-order chi connectivity index (χ0) is 10.5. The van der Waals surface area contributed by atoms with E-state index in [0.29, 0.717) is 0 Å². The molecule has 0 radical (unpaired) electrons. The van der Waals surface area contributed by atoms with Crippen LogP contribution in [0, 0.1) is 0 Å². The van der Waals surface area contributed by atoms with Crippen LogP contribution in [0.15, 0.2) is 18.3 Å². The Morgan fingerprint density at radius 2 is 2.13 bits per heavy atom. The molecule has 0 bridgehead atoms. The minimum Gasteiger partial charge on any atom is -0.373 e. The van der Waals surface area contributed by atoms with Gasteiger partial charge in [0.25, 0.3) is 0 Å². The Morgan fingerprint density at radius 1 is 1.33 bits per heavy atom. The number of hydrogen-bond donors (Lipinski definition) is 1. The van der Waals surface area contributed by atoms with Gasteiger partial charge in [-0.3, -0.25) is 4.90 Å². The second-order valence-electron chi connectivity index (χ2n) is 4.10. The molecule has 3 heteroatoms. The first-order valence-corrected chi connectivity index (χ1v) is 5.74. The minimum absolute atomic E-state index is 1.02. The summed E-state index contributed by atoms with van der Waals surface area (Å²) in [6, 6.07) is 4.17. The molecular formula is C12H19N3. The summed E-state index contributed by atoms with van der Waals surface area (Å²) in [5.74, 6) is 1.02. The van der Waals surface area contributed by atoms with Gasteiger partial charge in [0.1, 0.15) is 5.82 Å². The van der Waals surface area contributed by atoms with E-state index in [1.807, 2.05) is 19.3 Å². The molecule has 1 aromatic rings. The lowest BCUT2D eigenvalue weighted by atomic mass is 10.1. The van der Waals surface area contributed by atoms with Gasteiger partial charge < -0.3 is 5.32 Å². The molecule has 3 nitrogen and oxygen atoms in total. The van der Waals surface area contributed by atoms with Crippen molar-refractivity contribution in [3.63, 3.8) is 0 Å². The van der Waals surface area contributed by atoms with Gasteiger partial charge in [-0.1, -0.05) is 12.5 Å². The number of nitrogens with one attached hydrogen (secondary N) is 1. The second kappa shape index (κ2) is 5.12. The van der Waals surface area contributed by atoms with Crippen LogP contribution in [0.3, 0.4) is 0 Å². The van der Waals surface area contributed by atoms with Crippen molar-refractivity contribution in [2.75, 3.05) is 25.5 Å². The quantitative estimate of drug-likeness (QED) is 0.819. The Bertz CT molecular complexity index is 305. The third-order valence-corrected chi connectivity index (χ3v) is 2.97. The average molecular weight is 205 g/mol. The molecule has 1 aliphatic rings. The van der Waals surface area contributed by atoms with Gasteiger partial charge in [-0.15, -0.1) is 0 Å². The van der Waals surface area contributed by atoms with Crippen LogP contribution in [0.1, 0.15) is 24.8 Å². The number of nitrogens with zero attached hydrogens (tertiary/aromatic N) is 2. The molecule has 1 N–H and O–H groups in total. The summed E-state index contributed by atoms with van der Waals surface area (Å²) in [6.45, 7) is 3.50. The molecule has 1 aromatic heterocycles. The fraction of sp³-hybridized carbons (Fsp3) is 0.583. The zero-order valence-corrected chi connectivity index (χ0v) is 9.37. The van der Waals surface area contributed by atoms with Crippen LogP contribution in [0.25, 0.3) is 0 Å². The maximum Gasteiger partial charge on any atom is 0.130 e. The van der Waals surface area contributed by atoms with Gasteiger partial charge in [0.2, 0.25) is 0 Å². The number of piperidine rings is 1. The normalized spacial score (nSPS) is 17.7. The van der Waals surface area contributed by atoms with Gasteiger partial charge in [-0.05, 0) is 32.0 Å². The van der Waals surface area contributed by atoms with Crippen molar-refractivity contribution in [2.24, 2.45) is 0 Å². The van der Waals surface area contributed by atoms with Crippen molar-refractivity contribution in [2.45, 2.75) is 25.8 Å². The number of likely N-dealkylation sites (tertiary alicyclic amines) is 1. The first-order valence-electron chi connectivity index (χ1n) is 5.74. The van der Waals surface area contributed by atoms with Crippen LogP contribution in [-0.4, -0.2) is 30.0 Å². The monoisotopic (exact) mass is 205 g/mol. The third-order valence-electron chi connectivity index (χ3n) is 2.97. The van der Waals surface area contributed by atoms with Gasteiger partial charge in [0, 0.05) is 25.4 Å². The standard InChI is InChI=1S/C12H19N3/c1-13-12-11(6-5-7-14-12)10-15-8-3-2-4-9-15/h5-7H,2-4,8-10H2,1H3,(H,13,14). The highest BCUT2D eigenvalue weighted by Gasteiger charge is 2.12. The number of pyridine rings is 1. The summed E-state index contributed by atoms with van der Waals surface area (Å²) in [4.78, 5) is 6.84. The van der Waals surface area contributed by atoms with Crippen molar-refractivity contribution < 1.29 is 0 Å². The lowest BCUT2D eigenvalue weighted by Crippen LogP contribution is -2.29. The van der Waals surface area contributed by atoms with E-state index in [4.69, 9.17) is 0 Å². The van der Waals surface area contributed by atoms with Crippen LogP contribution >= 0.6 is 0 Å². The van der Waals surface area contributed by atoms with Crippen LogP contribution in [0.5, 0.6) is 0 Å². The topological polar surface area (TPSA) is 28.2 Å². The molecule has 0 aliphatic carbocycles. The van der Waals surface area contributed by atoms with Gasteiger partial charge >= 0.3 is 0 Å². The molecular weight excluding hydrogens is 186 g/mol. The fourth-order valence-electron chi connectivity index (χ4n) is 2.15. The first kappa shape index (κ1) is 10.4. The van der Waals surface area contributed by atoms with Crippen LogP contribution in [-0.2, 0) is 6.54 Å². The minimum atomic E-state index is 1.02. The summed E-state index contributed by atoms with van der Waals surface area (Å²) in [5, 5.41) is 3.15. The largest absolute Gasteiger partial charge is 0.373 e. The van der Waals surface area contributed by atoms with Gasteiger partial charge in [-0.25, -0.2) is 4.98 Å². The van der Waals surface area contributed by atoms with Crippen molar-refractivity contribution in [3.05, 3.63) is 23.9 Å². The van der Waals surface area contributed by atoms with Crippen LogP contribution < -0.4 is 5.32 Å².